The maximum absolute atomic E-state index is 11.8. The predicted molar refractivity (Wildman–Crippen MR) is 48.7 cm³/mol. The van der Waals surface area contributed by atoms with Crippen LogP contribution in [0.15, 0.2) is 30.3 Å². The molecular formula is C9H9F3OP. The van der Waals surface area contributed by atoms with Gasteiger partial charge in [-0.25, -0.2) is 0 Å². The first-order valence-corrected chi connectivity index (χ1v) is 5.63. The van der Waals surface area contributed by atoms with Crippen LogP contribution in [0.25, 0.3) is 0 Å². The molecule has 0 N–H and O–H groups in total. The minimum absolute atomic E-state index is 0.00428. The highest BCUT2D eigenvalue weighted by Crippen LogP contribution is 2.34. The van der Waals surface area contributed by atoms with Gasteiger partial charge >= 0.3 is 6.18 Å². The smallest absolute Gasteiger partial charge is 0.286 e. The van der Waals surface area contributed by atoms with E-state index in [1.54, 1.807) is 30.3 Å². The normalized spacial score (nSPS) is 12.6. The first-order chi connectivity index (χ1) is 6.47. The fourth-order valence-electron chi connectivity index (χ4n) is 1.04. The number of hydrogen-bond donors (Lipinski definition) is 0. The molecule has 0 aliphatic heterocycles. The van der Waals surface area contributed by atoms with Crippen LogP contribution in [-0.2, 0) is 10.7 Å². The molecule has 1 atom stereocenters. The second kappa shape index (κ2) is 4.56. The SMILES string of the molecule is O=[P](Cc1ccccc1)CC(F)(F)F. The zero-order chi connectivity index (χ0) is 10.6. The lowest BCUT2D eigenvalue weighted by atomic mass is 10.2. The highest BCUT2D eigenvalue weighted by molar-refractivity contribution is 7.43. The van der Waals surface area contributed by atoms with Crippen LogP contribution in [-0.4, -0.2) is 12.3 Å². The lowest BCUT2D eigenvalue weighted by Gasteiger charge is -2.05. The second-order valence-corrected chi connectivity index (χ2v) is 4.49. The van der Waals surface area contributed by atoms with E-state index >= 15 is 0 Å². The summed E-state index contributed by atoms with van der Waals surface area (Å²) in [5.41, 5.74) is 0.679. The minimum Gasteiger partial charge on any atom is -0.286 e. The van der Waals surface area contributed by atoms with Crippen molar-refractivity contribution in [3.05, 3.63) is 35.9 Å². The molecule has 1 nitrogen and oxygen atoms in total. The van der Waals surface area contributed by atoms with E-state index < -0.39 is 20.1 Å². The zero-order valence-corrected chi connectivity index (χ0v) is 8.18. The van der Waals surface area contributed by atoms with Crippen molar-refractivity contribution in [3.8, 4) is 0 Å². The third-order valence-electron chi connectivity index (χ3n) is 1.56. The molecule has 1 aromatic carbocycles. The van der Waals surface area contributed by atoms with Crippen molar-refractivity contribution in [1.29, 1.82) is 0 Å². The molecule has 14 heavy (non-hydrogen) atoms. The van der Waals surface area contributed by atoms with E-state index in [0.717, 1.165) is 0 Å². The van der Waals surface area contributed by atoms with Gasteiger partial charge in [0.25, 0.3) is 0 Å². The summed E-state index contributed by atoms with van der Waals surface area (Å²) in [5, 5.41) is 0. The highest BCUT2D eigenvalue weighted by atomic mass is 31.1. The molecule has 1 aromatic rings. The van der Waals surface area contributed by atoms with E-state index in [1.165, 1.54) is 0 Å². The number of alkyl halides is 3. The summed E-state index contributed by atoms with van der Waals surface area (Å²) in [4.78, 5) is 0. The standard InChI is InChI=1S/C9H9F3OP/c10-9(11,12)7-14(13)6-8-4-2-1-3-5-8/h1-5H,6-7H2. The number of hydrogen-bond acceptors (Lipinski definition) is 1. The number of benzene rings is 1. The maximum atomic E-state index is 11.8. The largest absolute Gasteiger partial charge is 0.398 e. The Bertz CT molecular complexity index is 308. The molecule has 77 valence electrons. The number of halogens is 3. The van der Waals surface area contributed by atoms with Crippen molar-refractivity contribution in [2.75, 3.05) is 6.16 Å². The van der Waals surface area contributed by atoms with Gasteiger partial charge in [-0.05, 0) is 5.56 Å². The van der Waals surface area contributed by atoms with Crippen molar-refractivity contribution in [1.82, 2.24) is 0 Å². The quantitative estimate of drug-likeness (QED) is 0.713. The van der Waals surface area contributed by atoms with Gasteiger partial charge in [0.15, 0.2) is 0 Å². The van der Waals surface area contributed by atoms with Gasteiger partial charge in [0.05, 0.1) is 7.80 Å². The summed E-state index contributed by atoms with van der Waals surface area (Å²) in [5.74, 6) is 0. The van der Waals surface area contributed by atoms with E-state index in [0.29, 0.717) is 5.56 Å². The van der Waals surface area contributed by atoms with Gasteiger partial charge < -0.3 is 0 Å². The Morgan fingerprint density at radius 2 is 1.71 bits per heavy atom. The van der Waals surface area contributed by atoms with E-state index in [-0.39, 0.29) is 6.16 Å². The van der Waals surface area contributed by atoms with Gasteiger partial charge in [-0.1, -0.05) is 30.3 Å². The molecule has 0 aromatic heterocycles. The molecule has 1 rings (SSSR count). The lowest BCUT2D eigenvalue weighted by Crippen LogP contribution is -2.10. The highest BCUT2D eigenvalue weighted by Gasteiger charge is 2.30. The monoisotopic (exact) mass is 221 g/mol. The minimum atomic E-state index is -4.33. The average molecular weight is 221 g/mol. The van der Waals surface area contributed by atoms with E-state index in [2.05, 4.69) is 0 Å². The van der Waals surface area contributed by atoms with Crippen molar-refractivity contribution >= 4 is 7.80 Å². The van der Waals surface area contributed by atoms with Gasteiger partial charge in [0.1, 0.15) is 6.16 Å². The molecule has 0 saturated carbocycles. The topological polar surface area (TPSA) is 17.1 Å². The molecule has 0 amide bonds. The first-order valence-electron chi connectivity index (χ1n) is 4.00. The van der Waals surface area contributed by atoms with Crippen LogP contribution in [0.1, 0.15) is 5.56 Å². The van der Waals surface area contributed by atoms with Crippen molar-refractivity contribution < 1.29 is 17.7 Å². The Hall–Kier alpha value is -0.890. The van der Waals surface area contributed by atoms with Gasteiger partial charge in [0.2, 0.25) is 0 Å². The van der Waals surface area contributed by atoms with Crippen LogP contribution in [0, 0.1) is 0 Å². The van der Waals surface area contributed by atoms with E-state index in [4.69, 9.17) is 0 Å². The molecule has 0 saturated heterocycles. The maximum Gasteiger partial charge on any atom is 0.398 e. The fourth-order valence-corrected chi connectivity index (χ4v) is 2.17. The van der Waals surface area contributed by atoms with Gasteiger partial charge in [-0.2, -0.15) is 13.2 Å². The van der Waals surface area contributed by atoms with Crippen LogP contribution in [0.4, 0.5) is 13.2 Å². The van der Waals surface area contributed by atoms with Gasteiger partial charge in [0, 0.05) is 6.16 Å². The summed E-state index contributed by atoms with van der Waals surface area (Å²) >= 11 is 0. The third-order valence-corrected chi connectivity index (χ3v) is 2.99. The molecule has 0 heterocycles. The van der Waals surface area contributed by atoms with Crippen LogP contribution < -0.4 is 0 Å². The molecular weight excluding hydrogens is 212 g/mol. The Balaban J connectivity index is 2.50. The summed E-state index contributed by atoms with van der Waals surface area (Å²) < 4.78 is 46.5. The lowest BCUT2D eigenvalue weighted by molar-refractivity contribution is -0.106. The van der Waals surface area contributed by atoms with Gasteiger partial charge in [-0.3, -0.25) is 4.57 Å². The fraction of sp³-hybridized carbons (Fsp3) is 0.333. The van der Waals surface area contributed by atoms with Crippen LogP contribution in [0.5, 0.6) is 0 Å². The van der Waals surface area contributed by atoms with Crippen molar-refractivity contribution in [3.63, 3.8) is 0 Å². The molecule has 0 spiro atoms. The van der Waals surface area contributed by atoms with E-state index in [9.17, 15) is 17.7 Å². The van der Waals surface area contributed by atoms with Crippen LogP contribution >= 0.6 is 7.80 Å². The first kappa shape index (κ1) is 11.2. The zero-order valence-electron chi connectivity index (χ0n) is 7.29. The van der Waals surface area contributed by atoms with Crippen LogP contribution in [0.2, 0.25) is 0 Å². The summed E-state index contributed by atoms with van der Waals surface area (Å²) in [6.45, 7) is 0. The summed E-state index contributed by atoms with van der Waals surface area (Å²) in [6.07, 6.45) is -5.53. The molecule has 0 fully saturated rings. The summed E-state index contributed by atoms with van der Waals surface area (Å²) in [7, 11) is -2.22. The molecule has 0 aliphatic carbocycles. The Labute approximate surface area is 80.7 Å². The molecule has 1 radical (unpaired) electrons. The summed E-state index contributed by atoms with van der Waals surface area (Å²) in [6, 6.07) is 8.53. The molecule has 5 heteroatoms. The average Bonchev–Trinajstić information content (AvgIpc) is 2.02. The van der Waals surface area contributed by atoms with E-state index in [1.807, 2.05) is 0 Å². The molecule has 0 bridgehead atoms. The molecule has 1 unspecified atom stereocenters. The molecule has 0 aliphatic rings. The number of rotatable bonds is 3. The Morgan fingerprint density at radius 3 is 2.21 bits per heavy atom. The van der Waals surface area contributed by atoms with Crippen molar-refractivity contribution in [2.45, 2.75) is 12.3 Å². The third kappa shape index (κ3) is 4.38. The Morgan fingerprint density at radius 1 is 1.14 bits per heavy atom. The van der Waals surface area contributed by atoms with Crippen molar-refractivity contribution in [2.24, 2.45) is 0 Å². The van der Waals surface area contributed by atoms with Crippen LogP contribution in [0.3, 0.4) is 0 Å². The van der Waals surface area contributed by atoms with Gasteiger partial charge in [-0.15, -0.1) is 0 Å². The Kier molecular flexibility index (Phi) is 3.64. The second-order valence-electron chi connectivity index (χ2n) is 2.90. The predicted octanol–water partition coefficient (Wildman–Crippen LogP) is 3.58.